The second-order valence-corrected chi connectivity index (χ2v) is 3.86. The van der Waals surface area contributed by atoms with Crippen molar-refractivity contribution < 1.29 is 14.3 Å². The third kappa shape index (κ3) is 3.48. The minimum absolute atomic E-state index is 0.0871. The lowest BCUT2D eigenvalue weighted by Gasteiger charge is -2.31. The Balaban J connectivity index is 2.35. The third-order valence-electron chi connectivity index (χ3n) is 2.77. The van der Waals surface area contributed by atoms with Crippen LogP contribution in [0.5, 0.6) is 0 Å². The Kier molecular flexibility index (Phi) is 5.25. The van der Waals surface area contributed by atoms with Crippen LogP contribution >= 0.6 is 0 Å². The molecule has 1 saturated heterocycles. The first kappa shape index (κ1) is 13.0. The molecule has 0 bridgehead atoms. The number of amides is 1. The van der Waals surface area contributed by atoms with Gasteiger partial charge in [0.2, 0.25) is 5.91 Å². The van der Waals surface area contributed by atoms with Crippen molar-refractivity contribution in [2.75, 3.05) is 26.7 Å². The number of nitrogens with one attached hydrogen (secondary N) is 1. The Morgan fingerprint density at radius 3 is 3.00 bits per heavy atom. The van der Waals surface area contributed by atoms with Crippen molar-refractivity contribution in [1.82, 2.24) is 10.2 Å². The van der Waals surface area contributed by atoms with E-state index in [-0.39, 0.29) is 24.3 Å². The van der Waals surface area contributed by atoms with E-state index in [1.807, 2.05) is 0 Å². The lowest BCUT2D eigenvalue weighted by Crippen LogP contribution is -2.50. The van der Waals surface area contributed by atoms with Crippen molar-refractivity contribution in [3.8, 4) is 0 Å². The molecule has 1 N–H and O–H groups in total. The molecule has 0 aromatic heterocycles. The lowest BCUT2D eigenvalue weighted by molar-refractivity contribution is -0.144. The molecule has 1 unspecified atom stereocenters. The molecule has 1 aliphatic rings. The lowest BCUT2D eigenvalue weighted by atomic mass is 10.0. The Hall–Kier alpha value is -1.10. The second kappa shape index (κ2) is 6.48. The molecule has 1 heterocycles. The number of nitrogens with zero attached hydrogens (tertiary/aromatic N) is 1. The summed E-state index contributed by atoms with van der Waals surface area (Å²) in [5.41, 5.74) is 0. The van der Waals surface area contributed by atoms with Crippen molar-refractivity contribution in [1.29, 1.82) is 0 Å². The summed E-state index contributed by atoms with van der Waals surface area (Å²) in [4.78, 5) is 24.7. The van der Waals surface area contributed by atoms with Crippen molar-refractivity contribution in [2.45, 2.75) is 32.2 Å². The summed E-state index contributed by atoms with van der Waals surface area (Å²) in [6, 6.07) is -0.0871. The maximum Gasteiger partial charge on any atom is 0.307 e. The maximum absolute atomic E-state index is 11.8. The topological polar surface area (TPSA) is 58.6 Å². The quantitative estimate of drug-likeness (QED) is 0.680. The molecule has 1 aliphatic heterocycles. The predicted molar refractivity (Wildman–Crippen MR) is 59.9 cm³/mol. The van der Waals surface area contributed by atoms with E-state index in [2.05, 4.69) is 5.32 Å². The highest BCUT2D eigenvalue weighted by molar-refractivity contribution is 5.83. The van der Waals surface area contributed by atoms with Crippen LogP contribution in [0.25, 0.3) is 0 Å². The molecular formula is C11H20N2O3. The van der Waals surface area contributed by atoms with Gasteiger partial charge in [-0.05, 0) is 26.8 Å². The van der Waals surface area contributed by atoms with Crippen LogP contribution < -0.4 is 5.32 Å². The molecule has 0 spiro atoms. The van der Waals surface area contributed by atoms with E-state index in [9.17, 15) is 9.59 Å². The Morgan fingerprint density at radius 1 is 1.62 bits per heavy atom. The zero-order valence-electron chi connectivity index (χ0n) is 9.99. The molecule has 0 aromatic carbocycles. The van der Waals surface area contributed by atoms with E-state index in [0.717, 1.165) is 19.4 Å². The molecule has 0 radical (unpaired) electrons. The number of piperidine rings is 1. The van der Waals surface area contributed by atoms with Gasteiger partial charge in [-0.2, -0.15) is 0 Å². The number of rotatable bonds is 5. The van der Waals surface area contributed by atoms with Gasteiger partial charge >= 0.3 is 5.97 Å². The van der Waals surface area contributed by atoms with Crippen molar-refractivity contribution in [3.63, 3.8) is 0 Å². The standard InChI is InChI=1S/C11H20N2O3/c1-3-16-10(14)6-8-13-7-4-5-9(12-2)11(13)15/h9,12H,3-8H2,1-2H3. The van der Waals surface area contributed by atoms with Gasteiger partial charge < -0.3 is 15.0 Å². The van der Waals surface area contributed by atoms with Gasteiger partial charge in [-0.25, -0.2) is 0 Å². The Bertz CT molecular complexity index is 256. The molecule has 1 rings (SSSR count). The van der Waals surface area contributed by atoms with Crippen molar-refractivity contribution in [2.24, 2.45) is 0 Å². The van der Waals surface area contributed by atoms with Crippen LogP contribution in [-0.2, 0) is 14.3 Å². The number of esters is 1. The molecule has 16 heavy (non-hydrogen) atoms. The third-order valence-corrected chi connectivity index (χ3v) is 2.77. The average molecular weight is 228 g/mol. The van der Waals surface area contributed by atoms with E-state index in [1.165, 1.54) is 0 Å². The fourth-order valence-electron chi connectivity index (χ4n) is 1.89. The average Bonchev–Trinajstić information content (AvgIpc) is 2.28. The fraction of sp³-hybridized carbons (Fsp3) is 0.818. The van der Waals surface area contributed by atoms with Gasteiger partial charge in [-0.15, -0.1) is 0 Å². The van der Waals surface area contributed by atoms with Crippen LogP contribution in [0.1, 0.15) is 26.2 Å². The van der Waals surface area contributed by atoms with Crippen molar-refractivity contribution >= 4 is 11.9 Å². The summed E-state index contributed by atoms with van der Waals surface area (Å²) < 4.78 is 4.83. The second-order valence-electron chi connectivity index (χ2n) is 3.86. The summed E-state index contributed by atoms with van der Waals surface area (Å²) in [7, 11) is 1.79. The molecule has 1 fully saturated rings. The monoisotopic (exact) mass is 228 g/mol. The molecule has 0 aliphatic carbocycles. The Labute approximate surface area is 96.1 Å². The van der Waals surface area contributed by atoms with E-state index in [0.29, 0.717) is 13.2 Å². The first-order chi connectivity index (χ1) is 7.69. The molecule has 5 heteroatoms. The molecule has 5 nitrogen and oxygen atoms in total. The fourth-order valence-corrected chi connectivity index (χ4v) is 1.89. The molecule has 0 aromatic rings. The van der Waals surface area contributed by atoms with Gasteiger partial charge in [-0.1, -0.05) is 0 Å². The van der Waals surface area contributed by atoms with Crippen LogP contribution in [0.4, 0.5) is 0 Å². The first-order valence-electron chi connectivity index (χ1n) is 5.80. The maximum atomic E-state index is 11.8. The minimum atomic E-state index is -0.234. The van der Waals surface area contributed by atoms with Crippen LogP contribution in [0.3, 0.4) is 0 Å². The number of ether oxygens (including phenoxy) is 1. The van der Waals surface area contributed by atoms with Crippen LogP contribution in [0.15, 0.2) is 0 Å². The number of hydrogen-bond acceptors (Lipinski definition) is 4. The normalized spacial score (nSPS) is 21.0. The molecule has 1 amide bonds. The summed E-state index contributed by atoms with van der Waals surface area (Å²) in [6.07, 6.45) is 2.15. The molecule has 92 valence electrons. The summed E-state index contributed by atoms with van der Waals surface area (Å²) in [5, 5.41) is 2.99. The van der Waals surface area contributed by atoms with Crippen LogP contribution in [0.2, 0.25) is 0 Å². The van der Waals surface area contributed by atoms with Crippen LogP contribution in [0, 0.1) is 0 Å². The van der Waals surface area contributed by atoms with Gasteiger partial charge in [0.15, 0.2) is 0 Å². The highest BCUT2D eigenvalue weighted by Gasteiger charge is 2.27. The number of likely N-dealkylation sites (tertiary alicyclic amines) is 1. The van der Waals surface area contributed by atoms with Gasteiger partial charge in [0.1, 0.15) is 0 Å². The molecule has 0 saturated carbocycles. The zero-order valence-corrected chi connectivity index (χ0v) is 9.99. The van der Waals surface area contributed by atoms with E-state index in [1.54, 1.807) is 18.9 Å². The van der Waals surface area contributed by atoms with Gasteiger partial charge in [0.05, 0.1) is 19.1 Å². The number of carbonyl (C=O) groups excluding carboxylic acids is 2. The zero-order chi connectivity index (χ0) is 12.0. The van der Waals surface area contributed by atoms with Gasteiger partial charge in [0.25, 0.3) is 0 Å². The highest BCUT2D eigenvalue weighted by Crippen LogP contribution is 2.11. The van der Waals surface area contributed by atoms with E-state index >= 15 is 0 Å². The van der Waals surface area contributed by atoms with E-state index in [4.69, 9.17) is 4.74 Å². The number of hydrogen-bond donors (Lipinski definition) is 1. The molecule has 1 atom stereocenters. The highest BCUT2D eigenvalue weighted by atomic mass is 16.5. The number of carbonyl (C=O) groups is 2. The Morgan fingerprint density at radius 2 is 2.38 bits per heavy atom. The summed E-state index contributed by atoms with van der Waals surface area (Å²) in [5.74, 6) is -0.139. The van der Waals surface area contributed by atoms with Gasteiger partial charge in [0, 0.05) is 13.1 Å². The number of likely N-dealkylation sites (N-methyl/N-ethyl adjacent to an activating group) is 1. The predicted octanol–water partition coefficient (Wildman–Crippen LogP) is 0.150. The smallest absolute Gasteiger partial charge is 0.307 e. The minimum Gasteiger partial charge on any atom is -0.466 e. The largest absolute Gasteiger partial charge is 0.466 e. The van der Waals surface area contributed by atoms with Crippen molar-refractivity contribution in [3.05, 3.63) is 0 Å². The van der Waals surface area contributed by atoms with Crippen LogP contribution in [-0.4, -0.2) is 49.6 Å². The first-order valence-corrected chi connectivity index (χ1v) is 5.80. The summed E-state index contributed by atoms with van der Waals surface area (Å²) >= 11 is 0. The molecular weight excluding hydrogens is 208 g/mol. The SMILES string of the molecule is CCOC(=O)CCN1CCCC(NC)C1=O. The van der Waals surface area contributed by atoms with Gasteiger partial charge in [-0.3, -0.25) is 9.59 Å². The summed E-state index contributed by atoms with van der Waals surface area (Å²) in [6.45, 7) is 3.39. The van der Waals surface area contributed by atoms with E-state index < -0.39 is 0 Å².